The van der Waals surface area contributed by atoms with E-state index in [1.807, 2.05) is 0 Å². The van der Waals surface area contributed by atoms with E-state index in [2.05, 4.69) is 9.87 Å². The van der Waals surface area contributed by atoms with Crippen LogP contribution in [0.1, 0.15) is 68.7 Å². The molecule has 5 N–H and O–H groups in total. The van der Waals surface area contributed by atoms with Gasteiger partial charge in [-0.3, -0.25) is 34.9 Å². The standard InChI is InChI=1S/C13H21N3O6.2C5H10O2/c1-13(2,3)11(17)21-8-9(22-20)4-6-16-7-5-10(15-19)14-12(16)18;2*1-5(2,3)4(6)7/h5,7,9,19-20H,4,6,8H2,1-3H3,(H,14,15,18);2*1-3H3,(H,6,7). The number of rotatable bonds is 7. The Morgan fingerprint density at radius 2 is 1.42 bits per heavy atom. The third kappa shape index (κ3) is 15.8. The zero-order valence-electron chi connectivity index (χ0n) is 22.5. The van der Waals surface area contributed by atoms with Gasteiger partial charge in [0.1, 0.15) is 12.7 Å². The van der Waals surface area contributed by atoms with E-state index < -0.39 is 45.9 Å². The van der Waals surface area contributed by atoms with Crippen LogP contribution >= 0.6 is 0 Å². The highest BCUT2D eigenvalue weighted by molar-refractivity contribution is 5.75. The summed E-state index contributed by atoms with van der Waals surface area (Å²) >= 11 is 0. The molecule has 1 unspecified atom stereocenters. The summed E-state index contributed by atoms with van der Waals surface area (Å²) in [5.74, 6) is -1.89. The lowest BCUT2D eigenvalue weighted by Gasteiger charge is -2.19. The summed E-state index contributed by atoms with van der Waals surface area (Å²) in [7, 11) is 0. The molecule has 208 valence electrons. The predicted octanol–water partition coefficient (Wildman–Crippen LogP) is 3.12. The van der Waals surface area contributed by atoms with E-state index in [-0.39, 0.29) is 25.4 Å². The van der Waals surface area contributed by atoms with Crippen LogP contribution in [-0.2, 0) is 30.6 Å². The molecule has 0 aliphatic heterocycles. The quantitative estimate of drug-likeness (QED) is 0.201. The normalized spacial score (nSPS) is 12.2. The number of hydrogen-bond donors (Lipinski definition) is 5. The van der Waals surface area contributed by atoms with Crippen molar-refractivity contribution >= 4 is 23.7 Å². The molecule has 1 heterocycles. The van der Waals surface area contributed by atoms with Crippen LogP contribution in [0.2, 0.25) is 0 Å². The fourth-order valence-corrected chi connectivity index (χ4v) is 1.50. The van der Waals surface area contributed by atoms with Gasteiger partial charge in [-0.25, -0.2) is 9.68 Å². The van der Waals surface area contributed by atoms with E-state index in [0.717, 1.165) is 0 Å². The lowest BCUT2D eigenvalue weighted by atomic mass is 9.97. The third-order valence-corrected chi connectivity index (χ3v) is 4.13. The van der Waals surface area contributed by atoms with Gasteiger partial charge in [0.15, 0.2) is 5.82 Å². The summed E-state index contributed by atoms with van der Waals surface area (Å²) in [6.07, 6.45) is 0.916. The Morgan fingerprint density at radius 3 is 1.72 bits per heavy atom. The number of carboxylic acid groups (broad SMARTS) is 2. The molecule has 0 spiro atoms. The van der Waals surface area contributed by atoms with E-state index in [9.17, 15) is 19.2 Å². The minimum atomic E-state index is -0.757. The lowest BCUT2D eigenvalue weighted by Crippen LogP contribution is -2.30. The van der Waals surface area contributed by atoms with Gasteiger partial charge >= 0.3 is 23.6 Å². The average Bonchev–Trinajstić information content (AvgIpc) is 2.73. The topological polar surface area (TPSA) is 198 Å². The number of carbonyl (C=O) groups is 3. The molecule has 0 radical (unpaired) electrons. The van der Waals surface area contributed by atoms with Crippen molar-refractivity contribution in [1.29, 1.82) is 0 Å². The highest BCUT2D eigenvalue weighted by Crippen LogP contribution is 2.16. The number of aliphatic carboxylic acids is 2. The van der Waals surface area contributed by atoms with Crippen LogP contribution in [0, 0.1) is 16.2 Å². The van der Waals surface area contributed by atoms with Gasteiger partial charge in [0.2, 0.25) is 0 Å². The molecule has 0 saturated carbocycles. The predicted molar refractivity (Wildman–Crippen MR) is 131 cm³/mol. The number of aryl methyl sites for hydroxylation is 1. The van der Waals surface area contributed by atoms with Gasteiger partial charge in [-0.2, -0.15) is 4.98 Å². The molecule has 13 heteroatoms. The van der Waals surface area contributed by atoms with Crippen molar-refractivity contribution in [3.8, 4) is 0 Å². The second-order valence-electron chi connectivity index (χ2n) is 10.9. The number of ether oxygens (including phenoxy) is 1. The molecule has 0 saturated heterocycles. The molecule has 1 rings (SSSR count). The zero-order valence-corrected chi connectivity index (χ0v) is 22.5. The smallest absolute Gasteiger partial charge is 0.349 e. The molecule has 0 amide bonds. The number of carbonyl (C=O) groups excluding carboxylic acids is 1. The zero-order chi connectivity index (χ0) is 28.9. The van der Waals surface area contributed by atoms with Crippen molar-refractivity contribution < 1.29 is 44.7 Å². The van der Waals surface area contributed by atoms with Crippen LogP contribution in [-0.4, -0.2) is 60.8 Å². The third-order valence-electron chi connectivity index (χ3n) is 4.13. The molecular formula is C23H41N3O10. The van der Waals surface area contributed by atoms with Crippen molar-refractivity contribution in [1.82, 2.24) is 9.55 Å². The first-order chi connectivity index (χ1) is 16.2. The maximum Gasteiger partial charge on any atom is 0.349 e. The van der Waals surface area contributed by atoms with Gasteiger partial charge < -0.3 is 14.9 Å². The fourth-order valence-electron chi connectivity index (χ4n) is 1.50. The first-order valence-corrected chi connectivity index (χ1v) is 11.1. The number of nitrogens with zero attached hydrogens (tertiary/aromatic N) is 2. The number of aromatic nitrogens is 2. The second kappa shape index (κ2) is 15.2. The summed E-state index contributed by atoms with van der Waals surface area (Å²) in [6.45, 7) is 15.2. The molecule has 1 aromatic rings. The van der Waals surface area contributed by atoms with Crippen LogP contribution in [0.15, 0.2) is 17.1 Å². The first kappa shape index (κ1) is 35.1. The Hall–Kier alpha value is -3.03. The average molecular weight is 520 g/mol. The van der Waals surface area contributed by atoms with Gasteiger partial charge in [0.25, 0.3) is 0 Å². The SMILES string of the molecule is CC(C)(C)C(=O)O.CC(C)(C)C(=O)O.CC(C)(C)C(=O)OCC(CCn1ccc(NO)nc1=O)OO. The van der Waals surface area contributed by atoms with Crippen molar-refractivity contribution in [2.24, 2.45) is 16.2 Å². The summed E-state index contributed by atoms with van der Waals surface area (Å²) in [6, 6.07) is 1.41. The number of carboxylic acids is 2. The largest absolute Gasteiger partial charge is 0.481 e. The Balaban J connectivity index is 0. The van der Waals surface area contributed by atoms with E-state index in [0.29, 0.717) is 0 Å². The lowest BCUT2D eigenvalue weighted by molar-refractivity contribution is -0.287. The molecule has 1 aromatic heterocycles. The van der Waals surface area contributed by atoms with Crippen molar-refractivity contribution in [3.05, 3.63) is 22.7 Å². The monoisotopic (exact) mass is 519 g/mol. The van der Waals surface area contributed by atoms with E-state index in [1.165, 1.54) is 16.8 Å². The van der Waals surface area contributed by atoms with Gasteiger partial charge in [-0.15, -0.1) is 0 Å². The van der Waals surface area contributed by atoms with Crippen molar-refractivity contribution in [2.45, 2.75) is 81.4 Å². The Kier molecular flexibility index (Phi) is 14.8. The molecule has 0 aliphatic carbocycles. The van der Waals surface area contributed by atoms with Crippen LogP contribution in [0.3, 0.4) is 0 Å². The summed E-state index contributed by atoms with van der Waals surface area (Å²) in [5.41, 5.74) is -0.607. The van der Waals surface area contributed by atoms with E-state index in [4.69, 9.17) is 25.4 Å². The highest BCUT2D eigenvalue weighted by Gasteiger charge is 2.24. The van der Waals surface area contributed by atoms with Crippen molar-refractivity contribution in [2.75, 3.05) is 12.1 Å². The minimum Gasteiger partial charge on any atom is -0.481 e. The molecule has 0 fully saturated rings. The number of nitrogens with one attached hydrogen (secondary N) is 1. The molecular weight excluding hydrogens is 478 g/mol. The molecule has 1 atom stereocenters. The fraction of sp³-hybridized carbons (Fsp3) is 0.696. The number of hydrogen-bond acceptors (Lipinski definition) is 10. The van der Waals surface area contributed by atoms with Crippen molar-refractivity contribution in [3.63, 3.8) is 0 Å². The molecule has 0 aliphatic rings. The summed E-state index contributed by atoms with van der Waals surface area (Å²) in [5, 5.41) is 34.0. The van der Waals surface area contributed by atoms with Gasteiger partial charge in [-0.1, -0.05) is 0 Å². The van der Waals surface area contributed by atoms with Crippen LogP contribution in [0.5, 0.6) is 0 Å². The Bertz CT molecular complexity index is 869. The molecule has 0 bridgehead atoms. The number of esters is 1. The molecule has 36 heavy (non-hydrogen) atoms. The molecule has 0 aromatic carbocycles. The molecule has 13 nitrogen and oxygen atoms in total. The van der Waals surface area contributed by atoms with E-state index in [1.54, 1.807) is 67.8 Å². The van der Waals surface area contributed by atoms with E-state index >= 15 is 0 Å². The van der Waals surface area contributed by atoms with Crippen LogP contribution in [0.25, 0.3) is 0 Å². The minimum absolute atomic E-state index is 0.0373. The Labute approximate surface area is 211 Å². The maximum atomic E-state index is 11.6. The van der Waals surface area contributed by atoms with Gasteiger partial charge in [-0.05, 0) is 74.8 Å². The second-order valence-corrected chi connectivity index (χ2v) is 10.9. The first-order valence-electron chi connectivity index (χ1n) is 11.1. The summed E-state index contributed by atoms with van der Waals surface area (Å²) in [4.78, 5) is 51.1. The number of anilines is 1. The highest BCUT2D eigenvalue weighted by atomic mass is 17.1. The van der Waals surface area contributed by atoms with Gasteiger partial charge in [0.05, 0.1) is 16.2 Å². The van der Waals surface area contributed by atoms with Gasteiger partial charge in [0, 0.05) is 12.7 Å². The van der Waals surface area contributed by atoms with Crippen LogP contribution < -0.4 is 11.2 Å². The maximum absolute atomic E-state index is 11.6. The van der Waals surface area contributed by atoms with Crippen LogP contribution in [0.4, 0.5) is 5.82 Å². The summed E-state index contributed by atoms with van der Waals surface area (Å²) < 4.78 is 6.32. The Morgan fingerprint density at radius 1 is 0.972 bits per heavy atom.